The second kappa shape index (κ2) is 6.10. The van der Waals surface area contributed by atoms with E-state index in [0.29, 0.717) is 6.54 Å². The lowest BCUT2D eigenvalue weighted by Gasteiger charge is -2.09. The predicted octanol–water partition coefficient (Wildman–Crippen LogP) is 2.88. The molecule has 0 atom stereocenters. The quantitative estimate of drug-likeness (QED) is 0.707. The van der Waals surface area contributed by atoms with Crippen LogP contribution in [-0.2, 0) is 13.1 Å². The number of fused-ring (bicyclic) bond motifs is 1. The normalized spacial score (nSPS) is 11.3. The molecule has 21 heavy (non-hydrogen) atoms. The highest BCUT2D eigenvalue weighted by Crippen LogP contribution is 2.21. The number of aryl methyl sites for hydroxylation is 1. The van der Waals surface area contributed by atoms with Gasteiger partial charge in [0.1, 0.15) is 11.4 Å². The molecule has 0 aliphatic rings. The highest BCUT2D eigenvalue weighted by Gasteiger charge is 2.10. The van der Waals surface area contributed by atoms with Crippen LogP contribution in [0, 0.1) is 6.92 Å². The van der Waals surface area contributed by atoms with Crippen LogP contribution in [0.25, 0.3) is 10.9 Å². The number of hydrogen-bond donors (Lipinski definition) is 1. The Morgan fingerprint density at radius 3 is 2.90 bits per heavy atom. The summed E-state index contributed by atoms with van der Waals surface area (Å²) in [6, 6.07) is 8.57. The van der Waals surface area contributed by atoms with Crippen molar-refractivity contribution in [2.45, 2.75) is 33.4 Å². The summed E-state index contributed by atoms with van der Waals surface area (Å²) < 4.78 is 7.00. The standard InChI is InChI=1S/C16H20N4O/c1-3-8-17-10-14-6-4-5-13-7-9-20(16(13)14)11-15-12(2)18-21-19-15/h4-7,9,17H,3,8,10-11H2,1-2H3. The molecule has 5 nitrogen and oxygen atoms in total. The van der Waals surface area contributed by atoms with E-state index in [9.17, 15) is 0 Å². The molecular formula is C16H20N4O. The summed E-state index contributed by atoms with van der Waals surface area (Å²) in [5.74, 6) is 0. The molecule has 3 rings (SSSR count). The van der Waals surface area contributed by atoms with E-state index < -0.39 is 0 Å². The van der Waals surface area contributed by atoms with Crippen LogP contribution in [0.2, 0.25) is 0 Å². The Bertz CT molecular complexity index is 729. The van der Waals surface area contributed by atoms with Crippen LogP contribution in [-0.4, -0.2) is 21.4 Å². The molecule has 2 heterocycles. The van der Waals surface area contributed by atoms with Gasteiger partial charge in [0.2, 0.25) is 0 Å². The number of aromatic nitrogens is 3. The topological polar surface area (TPSA) is 55.9 Å². The lowest BCUT2D eigenvalue weighted by atomic mass is 10.1. The molecule has 0 saturated carbocycles. The van der Waals surface area contributed by atoms with Gasteiger partial charge in [-0.15, -0.1) is 0 Å². The van der Waals surface area contributed by atoms with E-state index in [2.05, 4.69) is 57.6 Å². The third kappa shape index (κ3) is 2.83. The minimum atomic E-state index is 0.684. The Balaban J connectivity index is 1.93. The van der Waals surface area contributed by atoms with Gasteiger partial charge < -0.3 is 9.88 Å². The van der Waals surface area contributed by atoms with Crippen molar-refractivity contribution in [3.05, 3.63) is 47.4 Å². The molecule has 0 saturated heterocycles. The molecule has 110 valence electrons. The number of benzene rings is 1. The van der Waals surface area contributed by atoms with Gasteiger partial charge >= 0.3 is 0 Å². The lowest BCUT2D eigenvalue weighted by Crippen LogP contribution is -2.14. The molecule has 3 aromatic rings. The first kappa shape index (κ1) is 13.8. The van der Waals surface area contributed by atoms with Crippen LogP contribution >= 0.6 is 0 Å². The highest BCUT2D eigenvalue weighted by atomic mass is 16.6. The van der Waals surface area contributed by atoms with Gasteiger partial charge in [0.15, 0.2) is 0 Å². The van der Waals surface area contributed by atoms with E-state index in [-0.39, 0.29) is 0 Å². The van der Waals surface area contributed by atoms with E-state index in [1.165, 1.54) is 16.5 Å². The highest BCUT2D eigenvalue weighted by molar-refractivity contribution is 5.83. The number of rotatable bonds is 6. The molecule has 5 heteroatoms. The minimum Gasteiger partial charge on any atom is -0.341 e. The smallest absolute Gasteiger partial charge is 0.127 e. The molecule has 1 N–H and O–H groups in total. The first-order chi connectivity index (χ1) is 10.3. The maximum absolute atomic E-state index is 4.79. The van der Waals surface area contributed by atoms with Gasteiger partial charge in [-0.2, -0.15) is 0 Å². The molecule has 0 aliphatic heterocycles. The summed E-state index contributed by atoms with van der Waals surface area (Å²) in [5.41, 5.74) is 4.28. The Morgan fingerprint density at radius 2 is 2.14 bits per heavy atom. The molecule has 0 radical (unpaired) electrons. The third-order valence-electron chi connectivity index (χ3n) is 3.68. The fourth-order valence-corrected chi connectivity index (χ4v) is 2.57. The molecule has 0 unspecified atom stereocenters. The maximum atomic E-state index is 4.79. The monoisotopic (exact) mass is 284 g/mol. The summed E-state index contributed by atoms with van der Waals surface area (Å²) in [4.78, 5) is 0. The van der Waals surface area contributed by atoms with Crippen molar-refractivity contribution in [1.82, 2.24) is 20.2 Å². The zero-order chi connectivity index (χ0) is 14.7. The van der Waals surface area contributed by atoms with Crippen molar-refractivity contribution >= 4 is 10.9 Å². The van der Waals surface area contributed by atoms with E-state index >= 15 is 0 Å². The summed E-state index contributed by atoms with van der Waals surface area (Å²) in [7, 11) is 0. The molecule has 1 aromatic carbocycles. The Morgan fingerprint density at radius 1 is 1.24 bits per heavy atom. The van der Waals surface area contributed by atoms with Crippen molar-refractivity contribution in [2.75, 3.05) is 6.54 Å². The first-order valence-corrected chi connectivity index (χ1v) is 7.35. The summed E-state index contributed by atoms with van der Waals surface area (Å²) in [5, 5.41) is 12.5. The Labute approximate surface area is 123 Å². The molecule has 0 bridgehead atoms. The largest absolute Gasteiger partial charge is 0.341 e. The van der Waals surface area contributed by atoms with Gasteiger partial charge in [0.05, 0.1) is 12.1 Å². The second-order valence-electron chi connectivity index (χ2n) is 5.27. The van der Waals surface area contributed by atoms with E-state index in [0.717, 1.165) is 30.9 Å². The molecule has 0 fully saturated rings. The van der Waals surface area contributed by atoms with Crippen molar-refractivity contribution in [3.63, 3.8) is 0 Å². The minimum absolute atomic E-state index is 0.684. The zero-order valence-corrected chi connectivity index (χ0v) is 12.5. The van der Waals surface area contributed by atoms with Gasteiger partial charge in [-0.1, -0.05) is 35.4 Å². The summed E-state index contributed by atoms with van der Waals surface area (Å²) in [6.45, 7) is 6.69. The van der Waals surface area contributed by atoms with Gasteiger partial charge in [-0.25, -0.2) is 4.63 Å². The zero-order valence-electron chi connectivity index (χ0n) is 12.5. The molecule has 2 aromatic heterocycles. The van der Waals surface area contributed by atoms with Gasteiger partial charge in [-0.05, 0) is 36.9 Å². The van der Waals surface area contributed by atoms with Crippen LogP contribution in [0.3, 0.4) is 0 Å². The average Bonchev–Trinajstić information content (AvgIpc) is 3.08. The Kier molecular flexibility index (Phi) is 4.01. The average molecular weight is 284 g/mol. The summed E-state index contributed by atoms with van der Waals surface area (Å²) >= 11 is 0. The number of nitrogens with zero attached hydrogens (tertiary/aromatic N) is 3. The second-order valence-corrected chi connectivity index (χ2v) is 5.27. The summed E-state index contributed by atoms with van der Waals surface area (Å²) in [6.07, 6.45) is 3.24. The van der Waals surface area contributed by atoms with Gasteiger partial charge in [0.25, 0.3) is 0 Å². The number of para-hydroxylation sites is 1. The molecular weight excluding hydrogens is 264 g/mol. The fourth-order valence-electron chi connectivity index (χ4n) is 2.57. The predicted molar refractivity (Wildman–Crippen MR) is 82.1 cm³/mol. The van der Waals surface area contributed by atoms with Crippen molar-refractivity contribution in [1.29, 1.82) is 0 Å². The molecule has 0 amide bonds. The van der Waals surface area contributed by atoms with Crippen LogP contribution in [0.1, 0.15) is 30.3 Å². The SMILES string of the molecule is CCCNCc1cccc2ccn(Cc3nonc3C)c12. The van der Waals surface area contributed by atoms with Crippen molar-refractivity contribution < 1.29 is 4.63 Å². The van der Waals surface area contributed by atoms with Crippen molar-refractivity contribution in [3.8, 4) is 0 Å². The number of hydrogen-bond acceptors (Lipinski definition) is 4. The third-order valence-corrected chi connectivity index (χ3v) is 3.68. The Hall–Kier alpha value is -2.14. The van der Waals surface area contributed by atoms with Gasteiger partial charge in [-0.3, -0.25) is 0 Å². The number of nitrogens with one attached hydrogen (secondary N) is 1. The van der Waals surface area contributed by atoms with Crippen molar-refractivity contribution in [2.24, 2.45) is 0 Å². The van der Waals surface area contributed by atoms with E-state index in [1.54, 1.807) is 0 Å². The van der Waals surface area contributed by atoms with E-state index in [1.807, 2.05) is 6.92 Å². The van der Waals surface area contributed by atoms with Crippen LogP contribution in [0.4, 0.5) is 0 Å². The van der Waals surface area contributed by atoms with Gasteiger partial charge in [0, 0.05) is 12.7 Å². The molecule has 0 aliphatic carbocycles. The first-order valence-electron chi connectivity index (χ1n) is 7.35. The maximum Gasteiger partial charge on any atom is 0.127 e. The lowest BCUT2D eigenvalue weighted by molar-refractivity contribution is 0.300. The van der Waals surface area contributed by atoms with Crippen LogP contribution in [0.15, 0.2) is 35.1 Å². The van der Waals surface area contributed by atoms with Crippen LogP contribution < -0.4 is 5.32 Å². The van der Waals surface area contributed by atoms with Crippen LogP contribution in [0.5, 0.6) is 0 Å². The van der Waals surface area contributed by atoms with E-state index in [4.69, 9.17) is 4.63 Å². The molecule has 0 spiro atoms. The fraction of sp³-hybridized carbons (Fsp3) is 0.375.